The lowest BCUT2D eigenvalue weighted by Crippen LogP contribution is -2.48. The highest BCUT2D eigenvalue weighted by Crippen LogP contribution is 2.16. The predicted molar refractivity (Wildman–Crippen MR) is 66.5 cm³/mol. The zero-order valence-electron chi connectivity index (χ0n) is 10.1. The normalized spacial score (nSPS) is 20.2. The zero-order valence-corrected chi connectivity index (χ0v) is 10.9. The maximum atomic E-state index is 11.9. The fourth-order valence-electron chi connectivity index (χ4n) is 1.79. The third kappa shape index (κ3) is 3.24. The van der Waals surface area contributed by atoms with Crippen molar-refractivity contribution in [1.82, 2.24) is 15.6 Å². The van der Waals surface area contributed by atoms with Crippen LogP contribution in [0.1, 0.15) is 20.4 Å². The van der Waals surface area contributed by atoms with Gasteiger partial charge >= 0.3 is 0 Å². The molecule has 0 spiro atoms. The number of rotatable bonds is 3. The van der Waals surface area contributed by atoms with Crippen LogP contribution in [0.4, 0.5) is 0 Å². The molecule has 2 N–H and O–H groups in total. The molecule has 1 saturated heterocycles. The number of amides is 1. The van der Waals surface area contributed by atoms with Crippen molar-refractivity contribution in [1.29, 1.82) is 0 Å². The third-order valence-electron chi connectivity index (χ3n) is 2.62. The van der Waals surface area contributed by atoms with E-state index in [1.54, 1.807) is 0 Å². The number of thiazole rings is 1. The largest absolute Gasteiger partial charge is 0.378 e. The van der Waals surface area contributed by atoms with Crippen LogP contribution in [0.25, 0.3) is 0 Å². The summed E-state index contributed by atoms with van der Waals surface area (Å²) in [6.45, 7) is 6.61. The van der Waals surface area contributed by atoms with E-state index in [1.807, 2.05) is 13.8 Å². The Morgan fingerprint density at radius 3 is 3.06 bits per heavy atom. The number of aryl methyl sites for hydroxylation is 2. The second-order valence-corrected chi connectivity index (χ2v) is 5.29. The smallest absolute Gasteiger partial charge is 0.263 e. The molecular weight excluding hydrogens is 238 g/mol. The summed E-state index contributed by atoms with van der Waals surface area (Å²) in [4.78, 5) is 16.9. The summed E-state index contributed by atoms with van der Waals surface area (Å²) in [6.07, 6.45) is 0. The second kappa shape index (κ2) is 5.57. The van der Waals surface area contributed by atoms with Crippen molar-refractivity contribution in [2.24, 2.45) is 0 Å². The molecule has 1 aromatic rings. The van der Waals surface area contributed by atoms with E-state index < -0.39 is 0 Å². The molecule has 0 saturated carbocycles. The highest BCUT2D eigenvalue weighted by molar-refractivity contribution is 7.13. The van der Waals surface area contributed by atoms with Crippen molar-refractivity contribution in [3.8, 4) is 0 Å². The second-order valence-electron chi connectivity index (χ2n) is 4.08. The van der Waals surface area contributed by atoms with Crippen LogP contribution in [0, 0.1) is 13.8 Å². The summed E-state index contributed by atoms with van der Waals surface area (Å²) in [5.74, 6) is -0.0412. The number of ether oxygens (including phenoxy) is 1. The van der Waals surface area contributed by atoms with Gasteiger partial charge in [-0.1, -0.05) is 0 Å². The van der Waals surface area contributed by atoms with Crippen LogP contribution in [-0.2, 0) is 4.74 Å². The number of nitrogens with zero attached hydrogens (tertiary/aromatic N) is 1. The van der Waals surface area contributed by atoms with Crippen molar-refractivity contribution >= 4 is 17.2 Å². The first-order valence-corrected chi connectivity index (χ1v) is 6.52. The molecule has 1 aromatic heterocycles. The number of carbonyl (C=O) groups is 1. The SMILES string of the molecule is Cc1nc(C)c(C(=O)NCC2COCCN2)s1. The van der Waals surface area contributed by atoms with Crippen LogP contribution in [-0.4, -0.2) is 43.2 Å². The molecule has 0 bridgehead atoms. The average molecular weight is 255 g/mol. The van der Waals surface area contributed by atoms with E-state index in [-0.39, 0.29) is 11.9 Å². The number of aromatic nitrogens is 1. The molecule has 2 rings (SSSR count). The van der Waals surface area contributed by atoms with E-state index in [4.69, 9.17) is 4.74 Å². The van der Waals surface area contributed by atoms with Crippen LogP contribution in [0.3, 0.4) is 0 Å². The molecule has 1 aliphatic rings. The minimum Gasteiger partial charge on any atom is -0.378 e. The van der Waals surface area contributed by atoms with Gasteiger partial charge in [0.2, 0.25) is 0 Å². The maximum Gasteiger partial charge on any atom is 0.263 e. The van der Waals surface area contributed by atoms with Crippen LogP contribution in [0.15, 0.2) is 0 Å². The standard InChI is InChI=1S/C11H17N3O2S/c1-7-10(17-8(2)14-7)11(15)13-5-9-6-16-4-3-12-9/h9,12H,3-6H2,1-2H3,(H,13,15). The molecule has 5 nitrogen and oxygen atoms in total. The van der Waals surface area contributed by atoms with Gasteiger partial charge in [-0.15, -0.1) is 11.3 Å². The number of hydrogen-bond donors (Lipinski definition) is 2. The van der Waals surface area contributed by atoms with E-state index in [1.165, 1.54) is 11.3 Å². The lowest BCUT2D eigenvalue weighted by molar-refractivity contribution is 0.0735. The van der Waals surface area contributed by atoms with Crippen molar-refractivity contribution in [2.45, 2.75) is 19.9 Å². The molecule has 0 aliphatic carbocycles. The van der Waals surface area contributed by atoms with Gasteiger partial charge in [0.05, 0.1) is 23.9 Å². The fourth-order valence-corrected chi connectivity index (χ4v) is 2.63. The first kappa shape index (κ1) is 12.5. The van der Waals surface area contributed by atoms with E-state index >= 15 is 0 Å². The molecule has 1 atom stereocenters. The summed E-state index contributed by atoms with van der Waals surface area (Å²) in [5.41, 5.74) is 0.804. The summed E-state index contributed by atoms with van der Waals surface area (Å²) < 4.78 is 5.32. The Morgan fingerprint density at radius 2 is 2.47 bits per heavy atom. The molecule has 94 valence electrons. The van der Waals surface area contributed by atoms with Crippen molar-refractivity contribution < 1.29 is 9.53 Å². The van der Waals surface area contributed by atoms with Gasteiger partial charge in [0.25, 0.3) is 5.91 Å². The topological polar surface area (TPSA) is 63.2 Å². The third-order valence-corrected chi connectivity index (χ3v) is 3.69. The van der Waals surface area contributed by atoms with E-state index in [0.717, 1.165) is 23.9 Å². The summed E-state index contributed by atoms with van der Waals surface area (Å²) in [7, 11) is 0. The minimum atomic E-state index is -0.0412. The quantitative estimate of drug-likeness (QED) is 0.824. The van der Waals surface area contributed by atoms with Gasteiger partial charge in [-0.05, 0) is 13.8 Å². The Kier molecular flexibility index (Phi) is 4.09. The number of morpholine rings is 1. The van der Waals surface area contributed by atoms with Gasteiger partial charge in [0.1, 0.15) is 4.88 Å². The van der Waals surface area contributed by atoms with E-state index in [2.05, 4.69) is 15.6 Å². The molecule has 0 aromatic carbocycles. The van der Waals surface area contributed by atoms with Crippen molar-refractivity contribution in [3.63, 3.8) is 0 Å². The van der Waals surface area contributed by atoms with Crippen LogP contribution in [0.5, 0.6) is 0 Å². The summed E-state index contributed by atoms with van der Waals surface area (Å²) >= 11 is 1.43. The summed E-state index contributed by atoms with van der Waals surface area (Å²) in [6, 6.07) is 0.210. The Morgan fingerprint density at radius 1 is 1.65 bits per heavy atom. The van der Waals surface area contributed by atoms with Gasteiger partial charge in [-0.25, -0.2) is 4.98 Å². The first-order valence-electron chi connectivity index (χ1n) is 5.70. The first-order chi connectivity index (χ1) is 8.16. The molecule has 6 heteroatoms. The Labute approximate surface area is 105 Å². The van der Waals surface area contributed by atoms with Gasteiger partial charge in [-0.3, -0.25) is 4.79 Å². The fraction of sp³-hybridized carbons (Fsp3) is 0.636. The van der Waals surface area contributed by atoms with Crippen molar-refractivity contribution in [2.75, 3.05) is 26.3 Å². The highest BCUT2D eigenvalue weighted by atomic mass is 32.1. The molecule has 0 radical (unpaired) electrons. The number of hydrogen-bond acceptors (Lipinski definition) is 5. The van der Waals surface area contributed by atoms with Gasteiger partial charge in [0, 0.05) is 19.1 Å². The van der Waals surface area contributed by atoms with E-state index in [0.29, 0.717) is 18.0 Å². The molecule has 17 heavy (non-hydrogen) atoms. The van der Waals surface area contributed by atoms with Crippen molar-refractivity contribution in [3.05, 3.63) is 15.6 Å². The number of nitrogens with one attached hydrogen (secondary N) is 2. The van der Waals surface area contributed by atoms with Gasteiger partial charge in [-0.2, -0.15) is 0 Å². The van der Waals surface area contributed by atoms with Crippen LogP contribution >= 0.6 is 11.3 Å². The average Bonchev–Trinajstić information content (AvgIpc) is 2.67. The molecule has 1 unspecified atom stereocenters. The van der Waals surface area contributed by atoms with E-state index in [9.17, 15) is 4.79 Å². The molecule has 1 amide bonds. The Hall–Kier alpha value is -0.980. The molecule has 1 aliphatic heterocycles. The molecular formula is C11H17N3O2S. The lowest BCUT2D eigenvalue weighted by Gasteiger charge is -2.23. The van der Waals surface area contributed by atoms with Gasteiger partial charge in [0.15, 0.2) is 0 Å². The molecule has 2 heterocycles. The minimum absolute atomic E-state index is 0.0412. The predicted octanol–water partition coefficient (Wildman–Crippen LogP) is 0.478. The lowest BCUT2D eigenvalue weighted by atomic mass is 10.2. The summed E-state index contributed by atoms with van der Waals surface area (Å²) in [5, 5.41) is 7.13. The van der Waals surface area contributed by atoms with Crippen LogP contribution in [0.2, 0.25) is 0 Å². The Balaban J connectivity index is 1.86. The molecule has 1 fully saturated rings. The Bertz CT molecular complexity index is 399. The maximum absolute atomic E-state index is 11.9. The zero-order chi connectivity index (χ0) is 12.3. The van der Waals surface area contributed by atoms with Crippen LogP contribution < -0.4 is 10.6 Å². The number of carbonyl (C=O) groups excluding carboxylic acids is 1. The monoisotopic (exact) mass is 255 g/mol. The highest BCUT2D eigenvalue weighted by Gasteiger charge is 2.17. The van der Waals surface area contributed by atoms with Gasteiger partial charge < -0.3 is 15.4 Å².